The maximum absolute atomic E-state index is 9.04. The number of hydrogen-bond donors (Lipinski definition) is 4. The van der Waals surface area contributed by atoms with Crippen molar-refractivity contribution in [1.82, 2.24) is 0 Å². The van der Waals surface area contributed by atoms with Crippen LogP contribution in [-0.4, -0.2) is 22.3 Å². The summed E-state index contributed by atoms with van der Waals surface area (Å²) < 4.78 is 0. The normalized spacial score (nSPS) is 37.8. The van der Waals surface area contributed by atoms with Crippen LogP contribution in [0.4, 0.5) is 0 Å². The van der Waals surface area contributed by atoms with Gasteiger partial charge in [-0.15, -0.1) is 12.4 Å². The lowest BCUT2D eigenvalue weighted by Crippen LogP contribution is -2.62. The maximum Gasteiger partial charge on any atom is 0.157 e. The first-order chi connectivity index (χ1) is 11.1. The molecule has 4 aliphatic carbocycles. The van der Waals surface area contributed by atoms with E-state index in [1.54, 1.807) is 6.07 Å². The van der Waals surface area contributed by atoms with Gasteiger partial charge in [0.1, 0.15) is 0 Å². The summed E-state index contributed by atoms with van der Waals surface area (Å²) in [5, 5.41) is 18.0. The standard InChI is InChI=1S/C12H21N.C8H11NO2.ClH/c1-10-3-9-4-11(2,6-10)8-12(13,5-9)7-10;9-4-3-6-1-2-7(10)8(11)5-6;/h9H,3-8,13H2,1-2H3;1-2,5,10-11H,3-4,9H2;1H. The Morgan fingerprint density at radius 2 is 1.60 bits per heavy atom. The highest BCUT2D eigenvalue weighted by Gasteiger charge is 2.58. The van der Waals surface area contributed by atoms with Crippen LogP contribution in [0.15, 0.2) is 18.2 Å². The van der Waals surface area contributed by atoms with E-state index in [4.69, 9.17) is 21.7 Å². The molecule has 142 valence electrons. The third-order valence-electron chi connectivity index (χ3n) is 6.14. The first-order valence-electron chi connectivity index (χ1n) is 9.14. The van der Waals surface area contributed by atoms with Crippen LogP contribution in [0.1, 0.15) is 57.9 Å². The highest BCUT2D eigenvalue weighted by molar-refractivity contribution is 5.85. The van der Waals surface area contributed by atoms with Crippen molar-refractivity contribution in [2.24, 2.45) is 28.2 Å². The van der Waals surface area contributed by atoms with E-state index in [1.165, 1.54) is 50.7 Å². The summed E-state index contributed by atoms with van der Waals surface area (Å²) in [7, 11) is 0. The molecule has 5 rings (SSSR count). The lowest BCUT2D eigenvalue weighted by atomic mass is 9.43. The quantitative estimate of drug-likeness (QED) is 0.598. The zero-order valence-electron chi connectivity index (χ0n) is 15.4. The molecule has 25 heavy (non-hydrogen) atoms. The van der Waals surface area contributed by atoms with Crippen LogP contribution in [0.25, 0.3) is 0 Å². The van der Waals surface area contributed by atoms with E-state index in [2.05, 4.69) is 13.8 Å². The lowest BCUT2D eigenvalue weighted by molar-refractivity contribution is -0.104. The Kier molecular flexibility index (Phi) is 5.68. The van der Waals surface area contributed by atoms with Crippen LogP contribution in [0.3, 0.4) is 0 Å². The summed E-state index contributed by atoms with van der Waals surface area (Å²) in [6.45, 7) is 5.49. The summed E-state index contributed by atoms with van der Waals surface area (Å²) in [5.41, 5.74) is 14.2. The highest BCUT2D eigenvalue weighted by Crippen LogP contribution is 2.65. The number of hydrogen-bond acceptors (Lipinski definition) is 4. The van der Waals surface area contributed by atoms with Gasteiger partial charge < -0.3 is 21.7 Å². The minimum atomic E-state index is -0.0919. The first kappa shape index (κ1) is 20.3. The Morgan fingerprint density at radius 3 is 2.04 bits per heavy atom. The molecule has 4 bridgehead atoms. The Balaban J connectivity index is 0.000000176. The van der Waals surface area contributed by atoms with Gasteiger partial charge in [0.05, 0.1) is 0 Å². The molecule has 2 atom stereocenters. The van der Waals surface area contributed by atoms with Crippen molar-refractivity contribution in [2.75, 3.05) is 6.54 Å². The molecule has 0 heterocycles. The van der Waals surface area contributed by atoms with Gasteiger partial charge in [-0.25, -0.2) is 0 Å². The van der Waals surface area contributed by atoms with E-state index in [9.17, 15) is 0 Å². The van der Waals surface area contributed by atoms with Crippen LogP contribution in [0.2, 0.25) is 0 Å². The second-order valence-electron chi connectivity index (χ2n) is 9.35. The fourth-order valence-electron chi connectivity index (χ4n) is 6.43. The van der Waals surface area contributed by atoms with Crippen LogP contribution in [-0.2, 0) is 6.42 Å². The highest BCUT2D eigenvalue weighted by atomic mass is 35.5. The number of phenolic OH excluding ortho intramolecular Hbond substituents is 2. The summed E-state index contributed by atoms with van der Waals surface area (Å²) in [5.74, 6) is 0.776. The molecule has 0 aromatic heterocycles. The first-order valence-corrected chi connectivity index (χ1v) is 9.14. The van der Waals surface area contributed by atoms with Gasteiger partial charge >= 0.3 is 0 Å². The SMILES string of the molecule is CC12CC3CC(C)(C1)CC(N)(C3)C2.Cl.NCCc1ccc(O)c(O)c1. The summed E-state index contributed by atoms with van der Waals surface area (Å²) in [4.78, 5) is 0. The van der Waals surface area contributed by atoms with Crippen LogP contribution in [0.5, 0.6) is 11.5 Å². The molecule has 1 aromatic carbocycles. The molecule has 4 saturated carbocycles. The average Bonchev–Trinajstić information content (AvgIpc) is 2.38. The van der Waals surface area contributed by atoms with E-state index >= 15 is 0 Å². The van der Waals surface area contributed by atoms with Gasteiger partial charge in [0.25, 0.3) is 0 Å². The lowest BCUT2D eigenvalue weighted by Gasteiger charge is -2.64. The Labute approximate surface area is 157 Å². The van der Waals surface area contributed by atoms with Gasteiger partial charge in [-0.1, -0.05) is 19.9 Å². The number of halogens is 1. The van der Waals surface area contributed by atoms with Crippen LogP contribution < -0.4 is 11.5 Å². The molecule has 0 radical (unpaired) electrons. The van der Waals surface area contributed by atoms with Gasteiger partial charge in [-0.2, -0.15) is 0 Å². The largest absolute Gasteiger partial charge is 0.504 e. The van der Waals surface area contributed by atoms with Crippen LogP contribution >= 0.6 is 12.4 Å². The van der Waals surface area contributed by atoms with Gasteiger partial charge in [0.2, 0.25) is 0 Å². The van der Waals surface area contributed by atoms with Crippen molar-refractivity contribution in [3.8, 4) is 11.5 Å². The summed E-state index contributed by atoms with van der Waals surface area (Å²) >= 11 is 0. The fraction of sp³-hybridized carbons (Fsp3) is 0.700. The van der Waals surface area contributed by atoms with Crippen molar-refractivity contribution in [3.05, 3.63) is 23.8 Å². The number of phenols is 2. The summed E-state index contributed by atoms with van der Waals surface area (Å²) in [6, 6.07) is 4.71. The monoisotopic (exact) mass is 368 g/mol. The molecule has 0 spiro atoms. The zero-order chi connectivity index (χ0) is 17.6. The number of aromatic hydroxyl groups is 2. The van der Waals surface area contributed by atoms with Crippen molar-refractivity contribution >= 4 is 12.4 Å². The van der Waals surface area contributed by atoms with Gasteiger partial charge in [0, 0.05) is 5.54 Å². The second-order valence-corrected chi connectivity index (χ2v) is 9.35. The predicted molar refractivity (Wildman–Crippen MR) is 104 cm³/mol. The van der Waals surface area contributed by atoms with Crippen molar-refractivity contribution < 1.29 is 10.2 Å². The topological polar surface area (TPSA) is 92.5 Å². The molecule has 2 unspecified atom stereocenters. The number of benzene rings is 1. The molecule has 5 heteroatoms. The van der Waals surface area contributed by atoms with Crippen molar-refractivity contribution in [2.45, 2.75) is 64.3 Å². The zero-order valence-corrected chi connectivity index (χ0v) is 16.2. The van der Waals surface area contributed by atoms with Gasteiger partial charge in [0.15, 0.2) is 11.5 Å². The molecule has 0 amide bonds. The molecule has 4 nitrogen and oxygen atoms in total. The molecule has 1 aromatic rings. The van der Waals surface area contributed by atoms with E-state index in [1.807, 2.05) is 0 Å². The molecule has 4 fully saturated rings. The number of rotatable bonds is 2. The van der Waals surface area contributed by atoms with Gasteiger partial charge in [-0.05, 0) is 85.9 Å². The minimum absolute atomic E-state index is 0. The molecule has 4 aliphatic rings. The van der Waals surface area contributed by atoms with E-state index in [-0.39, 0.29) is 29.4 Å². The molecule has 0 saturated heterocycles. The molecular weight excluding hydrogens is 336 g/mol. The average molecular weight is 369 g/mol. The molecular formula is C20H33ClN2O2. The Bertz CT molecular complexity index is 571. The smallest absolute Gasteiger partial charge is 0.157 e. The molecule has 0 aliphatic heterocycles. The number of nitrogens with two attached hydrogens (primary N) is 2. The van der Waals surface area contributed by atoms with E-state index in [0.717, 1.165) is 11.5 Å². The second kappa shape index (κ2) is 6.98. The fourth-order valence-corrected chi connectivity index (χ4v) is 6.43. The Hall–Kier alpha value is -0.970. The molecule has 6 N–H and O–H groups in total. The maximum atomic E-state index is 9.04. The summed E-state index contributed by atoms with van der Waals surface area (Å²) in [6.07, 6.45) is 8.99. The third-order valence-corrected chi connectivity index (χ3v) is 6.14. The van der Waals surface area contributed by atoms with E-state index < -0.39 is 0 Å². The van der Waals surface area contributed by atoms with Crippen molar-refractivity contribution in [1.29, 1.82) is 0 Å². The minimum Gasteiger partial charge on any atom is -0.504 e. The third kappa shape index (κ3) is 4.42. The van der Waals surface area contributed by atoms with Crippen molar-refractivity contribution in [3.63, 3.8) is 0 Å². The van der Waals surface area contributed by atoms with Gasteiger partial charge in [-0.3, -0.25) is 0 Å². The predicted octanol–water partition coefficient (Wildman–Crippen LogP) is 3.71. The van der Waals surface area contributed by atoms with E-state index in [0.29, 0.717) is 23.8 Å². The Morgan fingerprint density at radius 1 is 1.00 bits per heavy atom. The van der Waals surface area contributed by atoms with Crippen LogP contribution in [0, 0.1) is 16.7 Å².